The second kappa shape index (κ2) is 5.66. The third kappa shape index (κ3) is 3.29. The van der Waals surface area contributed by atoms with Gasteiger partial charge < -0.3 is 9.88 Å². The fourth-order valence-corrected chi connectivity index (χ4v) is 2.38. The molecule has 0 spiro atoms. The monoisotopic (exact) mass is 311 g/mol. The first kappa shape index (κ1) is 15.2. The minimum Gasteiger partial charge on any atom is -0.344 e. The predicted molar refractivity (Wildman–Crippen MR) is 75.8 cm³/mol. The van der Waals surface area contributed by atoms with Crippen LogP contribution < -0.4 is 10.5 Å². The van der Waals surface area contributed by atoms with Crippen LogP contribution in [-0.2, 0) is 16.6 Å². The summed E-state index contributed by atoms with van der Waals surface area (Å²) >= 11 is 0. The highest BCUT2D eigenvalue weighted by Gasteiger charge is 2.15. The fourth-order valence-electron chi connectivity index (χ4n) is 1.86. The van der Waals surface area contributed by atoms with Crippen LogP contribution in [0, 0.1) is 5.82 Å². The van der Waals surface area contributed by atoms with E-state index in [0.29, 0.717) is 12.2 Å². The molecule has 2 aromatic rings. The number of carbonyl (C=O) groups is 1. The molecule has 1 aromatic heterocycles. The summed E-state index contributed by atoms with van der Waals surface area (Å²) < 4.78 is 37.7. The lowest BCUT2D eigenvalue weighted by molar-refractivity contribution is 0.101. The summed E-state index contributed by atoms with van der Waals surface area (Å²) in [7, 11) is -3.98. The molecule has 0 radical (unpaired) electrons. The second-order valence-electron chi connectivity index (χ2n) is 4.32. The average molecular weight is 311 g/mol. The molecule has 3 N–H and O–H groups in total. The number of halogens is 1. The first-order chi connectivity index (χ1) is 9.82. The number of hydrogen-bond donors (Lipinski definition) is 2. The molecule has 1 aromatic carbocycles. The Morgan fingerprint density at radius 1 is 1.38 bits per heavy atom. The molecular weight excluding hydrogens is 297 g/mol. The number of anilines is 1. The lowest BCUT2D eigenvalue weighted by Gasteiger charge is -2.09. The molecule has 1 heterocycles. The Balaban J connectivity index is 2.26. The maximum atomic E-state index is 13.8. The number of nitrogens with zero attached hydrogens (tertiary/aromatic N) is 1. The Hall–Kier alpha value is -2.19. The lowest BCUT2D eigenvalue weighted by atomic mass is 10.3. The van der Waals surface area contributed by atoms with Crippen molar-refractivity contribution in [1.82, 2.24) is 4.57 Å². The minimum atomic E-state index is -3.98. The van der Waals surface area contributed by atoms with Crippen molar-refractivity contribution in [3.05, 3.63) is 48.0 Å². The summed E-state index contributed by atoms with van der Waals surface area (Å²) in [5.41, 5.74) is 0.267. The number of aryl methyl sites for hydroxylation is 1. The van der Waals surface area contributed by atoms with E-state index in [1.54, 1.807) is 22.9 Å². The molecular formula is C13H14FN3O3S. The van der Waals surface area contributed by atoms with Gasteiger partial charge in [0.25, 0.3) is 5.91 Å². The first-order valence-electron chi connectivity index (χ1n) is 6.11. The zero-order chi connectivity index (χ0) is 15.6. The summed E-state index contributed by atoms with van der Waals surface area (Å²) in [6, 6.07) is 6.37. The van der Waals surface area contributed by atoms with Crippen LogP contribution in [-0.4, -0.2) is 18.9 Å². The zero-order valence-electron chi connectivity index (χ0n) is 11.2. The van der Waals surface area contributed by atoms with Gasteiger partial charge in [0.1, 0.15) is 11.5 Å². The number of carbonyl (C=O) groups excluding carboxylic acids is 1. The van der Waals surface area contributed by atoms with Gasteiger partial charge in [-0.25, -0.2) is 17.9 Å². The number of primary sulfonamides is 1. The summed E-state index contributed by atoms with van der Waals surface area (Å²) in [5, 5.41) is 7.30. The van der Waals surface area contributed by atoms with Gasteiger partial charge in [-0.3, -0.25) is 4.79 Å². The van der Waals surface area contributed by atoms with E-state index in [1.807, 2.05) is 6.92 Å². The van der Waals surface area contributed by atoms with Crippen LogP contribution >= 0.6 is 0 Å². The van der Waals surface area contributed by atoms with Gasteiger partial charge in [-0.05, 0) is 37.3 Å². The van der Waals surface area contributed by atoms with Crippen LogP contribution in [0.1, 0.15) is 17.4 Å². The van der Waals surface area contributed by atoms with Gasteiger partial charge in [0, 0.05) is 12.7 Å². The van der Waals surface area contributed by atoms with Crippen LogP contribution in [0.4, 0.5) is 10.1 Å². The standard InChI is InChI=1S/C13H14FN3O3S/c1-2-17-7-3-4-12(17)13(18)16-11-6-5-9(8-10(11)14)21(15,19)20/h3-8H,2H2,1H3,(H,16,18)(H2,15,19,20). The van der Waals surface area contributed by atoms with Gasteiger partial charge in [0.15, 0.2) is 0 Å². The van der Waals surface area contributed by atoms with Crippen molar-refractivity contribution >= 4 is 21.6 Å². The highest BCUT2D eigenvalue weighted by Crippen LogP contribution is 2.19. The first-order valence-corrected chi connectivity index (χ1v) is 7.66. The third-order valence-electron chi connectivity index (χ3n) is 2.92. The van der Waals surface area contributed by atoms with Crippen LogP contribution in [0.25, 0.3) is 0 Å². The van der Waals surface area contributed by atoms with Crippen molar-refractivity contribution in [2.75, 3.05) is 5.32 Å². The topological polar surface area (TPSA) is 94.2 Å². The molecule has 0 aliphatic heterocycles. The molecule has 21 heavy (non-hydrogen) atoms. The number of rotatable bonds is 4. The van der Waals surface area contributed by atoms with Crippen molar-refractivity contribution in [2.45, 2.75) is 18.4 Å². The molecule has 1 amide bonds. The van der Waals surface area contributed by atoms with Gasteiger partial charge in [-0.2, -0.15) is 0 Å². The number of sulfonamides is 1. The lowest BCUT2D eigenvalue weighted by Crippen LogP contribution is -2.18. The molecule has 0 saturated carbocycles. The van der Waals surface area contributed by atoms with E-state index < -0.39 is 21.7 Å². The minimum absolute atomic E-state index is 0.115. The molecule has 0 unspecified atom stereocenters. The molecule has 6 nitrogen and oxygen atoms in total. The summed E-state index contributed by atoms with van der Waals surface area (Å²) in [6.07, 6.45) is 1.73. The van der Waals surface area contributed by atoms with E-state index in [2.05, 4.69) is 5.32 Å². The Bertz CT molecular complexity index is 784. The summed E-state index contributed by atoms with van der Waals surface area (Å²) in [6.45, 7) is 2.47. The number of nitrogens with one attached hydrogen (secondary N) is 1. The summed E-state index contributed by atoms with van der Waals surface area (Å²) in [5.74, 6) is -1.35. The van der Waals surface area contributed by atoms with E-state index in [4.69, 9.17) is 5.14 Å². The fraction of sp³-hybridized carbons (Fsp3) is 0.154. The van der Waals surface area contributed by atoms with Gasteiger partial charge in [-0.1, -0.05) is 0 Å². The van der Waals surface area contributed by atoms with Gasteiger partial charge >= 0.3 is 0 Å². The molecule has 0 atom stereocenters. The zero-order valence-corrected chi connectivity index (χ0v) is 12.0. The van der Waals surface area contributed by atoms with Crippen molar-refractivity contribution in [1.29, 1.82) is 0 Å². The number of aromatic nitrogens is 1. The highest BCUT2D eigenvalue weighted by atomic mass is 32.2. The maximum Gasteiger partial charge on any atom is 0.272 e. The number of nitrogens with two attached hydrogens (primary N) is 1. The predicted octanol–water partition coefficient (Wildman–Crippen LogP) is 1.55. The highest BCUT2D eigenvalue weighted by molar-refractivity contribution is 7.89. The van der Waals surface area contributed by atoms with Crippen LogP contribution in [0.15, 0.2) is 41.4 Å². The quantitative estimate of drug-likeness (QED) is 0.897. The Kier molecular flexibility index (Phi) is 4.10. The van der Waals surface area contributed by atoms with Gasteiger partial charge in [0.05, 0.1) is 10.6 Å². The molecule has 0 aliphatic carbocycles. The van der Waals surface area contributed by atoms with Crippen molar-refractivity contribution < 1.29 is 17.6 Å². The van der Waals surface area contributed by atoms with E-state index in [9.17, 15) is 17.6 Å². The Morgan fingerprint density at radius 2 is 2.10 bits per heavy atom. The maximum absolute atomic E-state index is 13.8. The summed E-state index contributed by atoms with van der Waals surface area (Å²) in [4.78, 5) is 11.7. The Morgan fingerprint density at radius 3 is 2.67 bits per heavy atom. The third-order valence-corrected chi connectivity index (χ3v) is 3.83. The van der Waals surface area contributed by atoms with Crippen LogP contribution in [0.5, 0.6) is 0 Å². The number of hydrogen-bond acceptors (Lipinski definition) is 3. The second-order valence-corrected chi connectivity index (χ2v) is 5.88. The van der Waals surface area contributed by atoms with E-state index >= 15 is 0 Å². The molecule has 112 valence electrons. The average Bonchev–Trinajstić information content (AvgIpc) is 2.88. The normalized spacial score (nSPS) is 11.4. The SMILES string of the molecule is CCn1cccc1C(=O)Nc1ccc(S(N)(=O)=O)cc1F. The van der Waals surface area contributed by atoms with Crippen molar-refractivity contribution in [2.24, 2.45) is 5.14 Å². The van der Waals surface area contributed by atoms with E-state index in [-0.39, 0.29) is 10.6 Å². The van der Waals surface area contributed by atoms with Gasteiger partial charge in [0.2, 0.25) is 10.0 Å². The van der Waals surface area contributed by atoms with Crippen molar-refractivity contribution in [3.63, 3.8) is 0 Å². The molecule has 8 heteroatoms. The molecule has 0 bridgehead atoms. The van der Waals surface area contributed by atoms with E-state index in [0.717, 1.165) is 18.2 Å². The Labute approximate surface area is 121 Å². The molecule has 2 rings (SSSR count). The van der Waals surface area contributed by atoms with Crippen LogP contribution in [0.2, 0.25) is 0 Å². The van der Waals surface area contributed by atoms with Gasteiger partial charge in [-0.15, -0.1) is 0 Å². The van der Waals surface area contributed by atoms with E-state index in [1.165, 1.54) is 0 Å². The molecule has 0 aliphatic rings. The smallest absolute Gasteiger partial charge is 0.272 e. The largest absolute Gasteiger partial charge is 0.344 e. The number of benzene rings is 1. The van der Waals surface area contributed by atoms with Crippen molar-refractivity contribution in [3.8, 4) is 0 Å². The molecule has 0 saturated heterocycles. The van der Waals surface area contributed by atoms with Crippen LogP contribution in [0.3, 0.4) is 0 Å². The number of amides is 1. The molecule has 0 fully saturated rings.